The molecule has 8 nitrogen and oxygen atoms in total. The number of carbonyl (C=O) groups is 2. The van der Waals surface area contributed by atoms with Crippen molar-refractivity contribution in [1.82, 2.24) is 4.90 Å². The second kappa shape index (κ2) is 13.2. The number of amides is 2. The molecule has 0 aromatic heterocycles. The molecule has 49 heavy (non-hydrogen) atoms. The number of anilines is 1. The number of carbonyl (C=O) groups excluding carboxylic acids is 2. The molecule has 3 aromatic carbocycles. The predicted octanol–water partition coefficient (Wildman–Crippen LogP) is 8.29. The molecule has 3 aromatic rings. The summed E-state index contributed by atoms with van der Waals surface area (Å²) in [5.41, 5.74) is 5.73. The SMILES string of the molecule is CC(C)(C)OC(=O)N1CCN2c3cc(F)c(Cl)c(-c4c(C(N)=O)ccc(OCCO[Si](C)(C)C(C)(C)C)c4F)c3C[C@]2(c2ccccc2)C1. The molecule has 0 bridgehead atoms. The number of nitrogens with zero attached hydrogens (tertiary/aromatic N) is 2. The van der Waals surface area contributed by atoms with Crippen molar-refractivity contribution in [3.8, 4) is 16.9 Å². The Hall–Kier alpha value is -3.67. The maximum absolute atomic E-state index is 16.7. The zero-order valence-corrected chi connectivity index (χ0v) is 31.3. The van der Waals surface area contributed by atoms with E-state index in [0.717, 1.165) is 5.56 Å². The average molecular weight is 714 g/mol. The number of fused-ring (bicyclic) bond motifs is 3. The molecule has 2 heterocycles. The third-order valence-corrected chi connectivity index (χ3v) is 14.7. The van der Waals surface area contributed by atoms with Crippen LogP contribution in [0.15, 0.2) is 48.5 Å². The highest BCUT2D eigenvalue weighted by Gasteiger charge is 2.51. The van der Waals surface area contributed by atoms with Gasteiger partial charge in [-0.3, -0.25) is 4.79 Å². The Balaban J connectivity index is 1.60. The summed E-state index contributed by atoms with van der Waals surface area (Å²) < 4.78 is 50.4. The van der Waals surface area contributed by atoms with Crippen molar-refractivity contribution in [1.29, 1.82) is 0 Å². The molecule has 2 aliphatic heterocycles. The van der Waals surface area contributed by atoms with Crippen molar-refractivity contribution < 1.29 is 32.3 Å². The molecule has 2 amide bonds. The van der Waals surface area contributed by atoms with E-state index in [9.17, 15) is 9.59 Å². The lowest BCUT2D eigenvalue weighted by Gasteiger charge is -2.48. The number of ether oxygens (including phenoxy) is 2. The number of rotatable bonds is 8. The summed E-state index contributed by atoms with van der Waals surface area (Å²) in [5, 5.41) is -0.359. The molecule has 2 aliphatic rings. The first-order valence-electron chi connectivity index (χ1n) is 16.5. The van der Waals surface area contributed by atoms with Crippen molar-refractivity contribution in [3.05, 3.63) is 81.9 Å². The van der Waals surface area contributed by atoms with Gasteiger partial charge in [0.1, 0.15) is 18.0 Å². The Labute approximate surface area is 293 Å². The van der Waals surface area contributed by atoms with Crippen molar-refractivity contribution in [2.45, 2.75) is 77.2 Å². The van der Waals surface area contributed by atoms with E-state index >= 15 is 8.78 Å². The Morgan fingerprint density at radius 3 is 2.27 bits per heavy atom. The molecular formula is C37H46ClF2N3O5Si. The molecule has 2 N–H and O–H groups in total. The van der Waals surface area contributed by atoms with Gasteiger partial charge in [0.05, 0.1) is 29.3 Å². The first kappa shape index (κ1) is 36.6. The standard InChI is InChI=1S/C37H46ClF2N3O5Si/c1-35(2,3)48-34(45)42-16-17-43-27-20-26(39)31(38)29(25(27)21-37(43,22-42)23-12-10-9-11-13-23)30-24(33(41)44)14-15-28(32(30)40)46-18-19-47-49(7,8)36(4,5)6/h9-15,20H,16-19,21-22H2,1-8H3,(H2,41,44)/t37-/m1/s1. The summed E-state index contributed by atoms with van der Waals surface area (Å²) in [6.45, 7) is 17.2. The number of nitrogens with two attached hydrogens (primary N) is 1. The van der Waals surface area contributed by atoms with E-state index < -0.39 is 43.1 Å². The van der Waals surface area contributed by atoms with E-state index in [0.29, 0.717) is 24.3 Å². The zero-order chi connectivity index (χ0) is 36.1. The van der Waals surface area contributed by atoms with Gasteiger partial charge in [0.15, 0.2) is 19.9 Å². The average Bonchev–Trinajstić information content (AvgIpc) is 3.34. The van der Waals surface area contributed by atoms with Crippen LogP contribution in [0.1, 0.15) is 63.0 Å². The number of benzene rings is 3. The molecule has 0 unspecified atom stereocenters. The van der Waals surface area contributed by atoms with Gasteiger partial charge in [-0.05, 0) is 68.2 Å². The number of piperazine rings is 1. The number of primary amides is 1. The minimum Gasteiger partial charge on any atom is -0.488 e. The van der Waals surface area contributed by atoms with Crippen LogP contribution in [0.25, 0.3) is 11.1 Å². The fourth-order valence-corrected chi connectivity index (χ4v) is 7.69. The molecule has 1 atom stereocenters. The second-order valence-electron chi connectivity index (χ2n) is 15.3. The van der Waals surface area contributed by atoms with Gasteiger partial charge in [-0.1, -0.05) is 62.7 Å². The van der Waals surface area contributed by atoms with Crippen LogP contribution in [0.3, 0.4) is 0 Å². The topological polar surface area (TPSA) is 94.3 Å². The monoisotopic (exact) mass is 713 g/mol. The van der Waals surface area contributed by atoms with Crippen molar-refractivity contribution in [2.24, 2.45) is 5.73 Å². The fourth-order valence-electron chi connectivity index (χ4n) is 6.40. The molecule has 12 heteroatoms. The molecule has 0 spiro atoms. The Morgan fingerprint density at radius 2 is 1.65 bits per heavy atom. The van der Waals surface area contributed by atoms with Gasteiger partial charge in [0.2, 0.25) is 5.91 Å². The molecule has 1 fully saturated rings. The van der Waals surface area contributed by atoms with Gasteiger partial charge < -0.3 is 29.4 Å². The van der Waals surface area contributed by atoms with Crippen LogP contribution in [0.2, 0.25) is 23.2 Å². The molecule has 0 radical (unpaired) electrons. The number of hydrogen-bond acceptors (Lipinski definition) is 6. The van der Waals surface area contributed by atoms with Crippen molar-refractivity contribution >= 4 is 37.6 Å². The van der Waals surface area contributed by atoms with Crippen LogP contribution >= 0.6 is 11.6 Å². The summed E-state index contributed by atoms with van der Waals surface area (Å²) >= 11 is 6.72. The van der Waals surface area contributed by atoms with E-state index in [2.05, 4.69) is 33.9 Å². The van der Waals surface area contributed by atoms with E-state index in [1.54, 1.807) is 25.7 Å². The third kappa shape index (κ3) is 7.02. The van der Waals surface area contributed by atoms with Gasteiger partial charge in [-0.15, -0.1) is 0 Å². The third-order valence-electron chi connectivity index (χ3n) is 9.82. The van der Waals surface area contributed by atoms with Gasteiger partial charge in [0.25, 0.3) is 0 Å². The molecule has 1 saturated heterocycles. The van der Waals surface area contributed by atoms with Crippen LogP contribution in [0.5, 0.6) is 5.75 Å². The lowest BCUT2D eigenvalue weighted by atomic mass is 9.82. The van der Waals surface area contributed by atoms with Crippen LogP contribution < -0.4 is 15.4 Å². The first-order chi connectivity index (χ1) is 22.8. The van der Waals surface area contributed by atoms with E-state index in [-0.39, 0.29) is 58.7 Å². The molecule has 0 saturated carbocycles. The van der Waals surface area contributed by atoms with Gasteiger partial charge >= 0.3 is 6.09 Å². The molecule has 264 valence electrons. The normalized spacial score (nSPS) is 17.9. The first-order valence-corrected chi connectivity index (χ1v) is 19.8. The predicted molar refractivity (Wildman–Crippen MR) is 191 cm³/mol. The Bertz CT molecular complexity index is 1760. The Kier molecular flexibility index (Phi) is 9.88. The number of halogens is 3. The van der Waals surface area contributed by atoms with Crippen molar-refractivity contribution in [2.75, 3.05) is 37.7 Å². The van der Waals surface area contributed by atoms with Crippen LogP contribution in [0.4, 0.5) is 19.3 Å². The second-order valence-corrected chi connectivity index (χ2v) is 20.5. The van der Waals surface area contributed by atoms with Crippen LogP contribution in [-0.4, -0.2) is 63.7 Å². The highest BCUT2D eigenvalue weighted by molar-refractivity contribution is 6.74. The number of hydrogen-bond donors (Lipinski definition) is 1. The highest BCUT2D eigenvalue weighted by atomic mass is 35.5. The molecule has 0 aliphatic carbocycles. The summed E-state index contributed by atoms with van der Waals surface area (Å²) in [6.07, 6.45) is -0.239. The van der Waals surface area contributed by atoms with Gasteiger partial charge in [-0.2, -0.15) is 0 Å². The smallest absolute Gasteiger partial charge is 0.410 e. The van der Waals surface area contributed by atoms with Gasteiger partial charge in [0, 0.05) is 36.3 Å². The largest absolute Gasteiger partial charge is 0.488 e. The summed E-state index contributed by atoms with van der Waals surface area (Å²) in [4.78, 5) is 29.8. The van der Waals surface area contributed by atoms with E-state index in [1.807, 2.05) is 35.2 Å². The van der Waals surface area contributed by atoms with E-state index in [4.69, 9.17) is 31.2 Å². The van der Waals surface area contributed by atoms with Crippen LogP contribution in [0, 0.1) is 11.6 Å². The van der Waals surface area contributed by atoms with Crippen molar-refractivity contribution in [3.63, 3.8) is 0 Å². The van der Waals surface area contributed by atoms with Gasteiger partial charge in [-0.25, -0.2) is 13.6 Å². The molecule has 5 rings (SSSR count). The summed E-state index contributed by atoms with van der Waals surface area (Å²) in [5.74, 6) is -2.71. The maximum atomic E-state index is 16.7. The highest BCUT2D eigenvalue weighted by Crippen LogP contribution is 2.53. The minimum absolute atomic E-state index is 0.0166. The lowest BCUT2D eigenvalue weighted by Crippen LogP contribution is -2.60. The van der Waals surface area contributed by atoms with Crippen LogP contribution in [-0.2, 0) is 21.1 Å². The zero-order valence-electron chi connectivity index (χ0n) is 29.5. The minimum atomic E-state index is -2.08. The summed E-state index contributed by atoms with van der Waals surface area (Å²) in [6, 6.07) is 13.6. The lowest BCUT2D eigenvalue weighted by molar-refractivity contribution is 0.0164. The Morgan fingerprint density at radius 1 is 0.980 bits per heavy atom. The molecular weight excluding hydrogens is 668 g/mol. The maximum Gasteiger partial charge on any atom is 0.410 e. The fraction of sp³-hybridized carbons (Fsp3) is 0.459. The van der Waals surface area contributed by atoms with E-state index in [1.165, 1.54) is 18.2 Å². The summed E-state index contributed by atoms with van der Waals surface area (Å²) in [7, 11) is -2.08. The quantitative estimate of drug-likeness (QED) is 0.187.